The maximum atomic E-state index is 11.7. The second-order valence-corrected chi connectivity index (χ2v) is 4.96. The molecular weight excluding hydrogens is 220 g/mol. The zero-order chi connectivity index (χ0) is 12.4. The molecule has 2 saturated heterocycles. The number of aliphatic carboxylic acids is 1. The van der Waals surface area contributed by atoms with E-state index in [1.54, 1.807) is 4.90 Å². The van der Waals surface area contributed by atoms with Gasteiger partial charge in [-0.1, -0.05) is 6.92 Å². The first-order valence-electron chi connectivity index (χ1n) is 6.36. The summed E-state index contributed by atoms with van der Waals surface area (Å²) < 4.78 is 0. The SMILES string of the molecule is CCN1CCC[C@H]1CN1C[C@H](C(=O)O)CC1=O. The first-order chi connectivity index (χ1) is 8.11. The molecule has 2 aliphatic heterocycles. The summed E-state index contributed by atoms with van der Waals surface area (Å²) in [6.07, 6.45) is 2.48. The molecule has 0 spiro atoms. The van der Waals surface area contributed by atoms with Crippen molar-refractivity contribution in [3.05, 3.63) is 0 Å². The zero-order valence-corrected chi connectivity index (χ0v) is 10.3. The van der Waals surface area contributed by atoms with Gasteiger partial charge in [0.1, 0.15) is 0 Å². The standard InChI is InChI=1S/C12H20N2O3/c1-2-13-5-3-4-10(13)8-14-7-9(12(16)17)6-11(14)15/h9-10H,2-8H2,1H3,(H,16,17)/t9-,10+/m1/s1. The van der Waals surface area contributed by atoms with Crippen molar-refractivity contribution in [3.63, 3.8) is 0 Å². The fraction of sp³-hybridized carbons (Fsp3) is 0.833. The molecule has 5 heteroatoms. The van der Waals surface area contributed by atoms with Crippen molar-refractivity contribution >= 4 is 11.9 Å². The highest BCUT2D eigenvalue weighted by Gasteiger charge is 2.36. The summed E-state index contributed by atoms with van der Waals surface area (Å²) in [6.45, 7) is 5.34. The molecule has 0 aromatic rings. The van der Waals surface area contributed by atoms with Crippen molar-refractivity contribution in [2.45, 2.75) is 32.2 Å². The number of carboxylic acid groups (broad SMARTS) is 1. The topological polar surface area (TPSA) is 60.9 Å². The molecule has 1 N–H and O–H groups in total. The Labute approximate surface area is 101 Å². The largest absolute Gasteiger partial charge is 0.481 e. The van der Waals surface area contributed by atoms with Crippen LogP contribution in [0.3, 0.4) is 0 Å². The lowest BCUT2D eigenvalue weighted by Crippen LogP contribution is -2.41. The third kappa shape index (κ3) is 2.60. The van der Waals surface area contributed by atoms with E-state index in [0.29, 0.717) is 19.1 Å². The summed E-state index contributed by atoms with van der Waals surface area (Å²) in [7, 11) is 0. The maximum absolute atomic E-state index is 11.7. The van der Waals surface area contributed by atoms with Gasteiger partial charge in [0.05, 0.1) is 5.92 Å². The molecule has 0 aliphatic carbocycles. The van der Waals surface area contributed by atoms with Gasteiger partial charge in [0.15, 0.2) is 0 Å². The summed E-state index contributed by atoms with van der Waals surface area (Å²) in [5, 5.41) is 8.92. The minimum Gasteiger partial charge on any atom is -0.481 e. The Balaban J connectivity index is 1.91. The van der Waals surface area contributed by atoms with Crippen molar-refractivity contribution in [1.29, 1.82) is 0 Å². The van der Waals surface area contributed by atoms with Gasteiger partial charge in [0, 0.05) is 25.6 Å². The van der Waals surface area contributed by atoms with Crippen LogP contribution in [-0.4, -0.2) is 59.0 Å². The van der Waals surface area contributed by atoms with Gasteiger partial charge in [-0.3, -0.25) is 14.5 Å². The van der Waals surface area contributed by atoms with Crippen LogP contribution < -0.4 is 0 Å². The fourth-order valence-electron chi connectivity index (χ4n) is 2.89. The summed E-state index contributed by atoms with van der Waals surface area (Å²) in [6, 6.07) is 0.427. The van der Waals surface area contributed by atoms with E-state index in [4.69, 9.17) is 5.11 Å². The normalized spacial score (nSPS) is 30.2. The van der Waals surface area contributed by atoms with Crippen LogP contribution in [0, 0.1) is 5.92 Å². The summed E-state index contributed by atoms with van der Waals surface area (Å²) in [5.74, 6) is -1.35. The average Bonchev–Trinajstić information content (AvgIpc) is 2.87. The second-order valence-electron chi connectivity index (χ2n) is 4.96. The molecular formula is C12H20N2O3. The molecule has 2 fully saturated rings. The number of rotatable bonds is 4. The van der Waals surface area contributed by atoms with Crippen LogP contribution >= 0.6 is 0 Å². The number of likely N-dealkylation sites (N-methyl/N-ethyl adjacent to an activating group) is 1. The molecule has 2 rings (SSSR count). The fourth-order valence-corrected chi connectivity index (χ4v) is 2.89. The van der Waals surface area contributed by atoms with Crippen molar-refractivity contribution in [2.75, 3.05) is 26.2 Å². The Hall–Kier alpha value is -1.10. The Morgan fingerprint density at radius 1 is 1.53 bits per heavy atom. The predicted octanol–water partition coefficient (Wildman–Crippen LogP) is 0.404. The summed E-state index contributed by atoms with van der Waals surface area (Å²) in [4.78, 5) is 26.7. The molecule has 0 aromatic heterocycles. The van der Waals surface area contributed by atoms with Crippen LogP contribution in [0.1, 0.15) is 26.2 Å². The van der Waals surface area contributed by atoms with E-state index in [0.717, 1.165) is 19.5 Å². The van der Waals surface area contributed by atoms with Gasteiger partial charge in [-0.2, -0.15) is 0 Å². The van der Waals surface area contributed by atoms with Gasteiger partial charge in [-0.05, 0) is 25.9 Å². The van der Waals surface area contributed by atoms with Gasteiger partial charge in [-0.25, -0.2) is 0 Å². The molecule has 0 aromatic carbocycles. The van der Waals surface area contributed by atoms with Gasteiger partial charge in [-0.15, -0.1) is 0 Å². The van der Waals surface area contributed by atoms with Crippen molar-refractivity contribution in [2.24, 2.45) is 5.92 Å². The molecule has 2 atom stereocenters. The van der Waals surface area contributed by atoms with Crippen molar-refractivity contribution in [3.8, 4) is 0 Å². The van der Waals surface area contributed by atoms with Gasteiger partial charge in [0.2, 0.25) is 5.91 Å². The number of carbonyl (C=O) groups excluding carboxylic acids is 1. The van der Waals surface area contributed by atoms with E-state index >= 15 is 0 Å². The molecule has 0 unspecified atom stereocenters. The summed E-state index contributed by atoms with van der Waals surface area (Å²) >= 11 is 0. The van der Waals surface area contributed by atoms with E-state index < -0.39 is 11.9 Å². The second kappa shape index (κ2) is 5.04. The minimum atomic E-state index is -0.848. The lowest BCUT2D eigenvalue weighted by atomic mass is 10.1. The maximum Gasteiger partial charge on any atom is 0.308 e. The molecule has 17 heavy (non-hydrogen) atoms. The Bertz CT molecular complexity index is 319. The van der Waals surface area contributed by atoms with Crippen LogP contribution in [0.2, 0.25) is 0 Å². The number of carbonyl (C=O) groups is 2. The molecule has 5 nitrogen and oxygen atoms in total. The quantitative estimate of drug-likeness (QED) is 0.773. The molecule has 96 valence electrons. The average molecular weight is 240 g/mol. The number of nitrogens with zero attached hydrogens (tertiary/aromatic N) is 2. The number of hydrogen-bond acceptors (Lipinski definition) is 3. The Morgan fingerprint density at radius 3 is 2.88 bits per heavy atom. The number of amides is 1. The Morgan fingerprint density at radius 2 is 2.29 bits per heavy atom. The highest BCUT2D eigenvalue weighted by atomic mass is 16.4. The minimum absolute atomic E-state index is 0.000327. The number of likely N-dealkylation sites (tertiary alicyclic amines) is 2. The van der Waals surface area contributed by atoms with E-state index in [-0.39, 0.29) is 12.3 Å². The zero-order valence-electron chi connectivity index (χ0n) is 10.3. The van der Waals surface area contributed by atoms with Crippen LogP contribution in [-0.2, 0) is 9.59 Å². The van der Waals surface area contributed by atoms with E-state index in [1.807, 2.05) is 0 Å². The number of hydrogen-bond donors (Lipinski definition) is 1. The lowest BCUT2D eigenvalue weighted by molar-refractivity contribution is -0.141. The molecule has 2 heterocycles. The van der Waals surface area contributed by atoms with E-state index in [1.165, 1.54) is 6.42 Å². The smallest absolute Gasteiger partial charge is 0.308 e. The summed E-state index contributed by atoms with van der Waals surface area (Å²) in [5.41, 5.74) is 0. The third-order valence-corrected chi connectivity index (χ3v) is 3.90. The highest BCUT2D eigenvalue weighted by Crippen LogP contribution is 2.23. The molecule has 0 bridgehead atoms. The number of carboxylic acids is 1. The molecule has 1 amide bonds. The van der Waals surface area contributed by atoms with Crippen molar-refractivity contribution < 1.29 is 14.7 Å². The first kappa shape index (κ1) is 12.4. The van der Waals surface area contributed by atoms with Crippen LogP contribution in [0.25, 0.3) is 0 Å². The van der Waals surface area contributed by atoms with Crippen LogP contribution in [0.15, 0.2) is 0 Å². The predicted molar refractivity (Wildman–Crippen MR) is 62.6 cm³/mol. The molecule has 0 radical (unpaired) electrons. The highest BCUT2D eigenvalue weighted by molar-refractivity contribution is 5.86. The van der Waals surface area contributed by atoms with E-state index in [2.05, 4.69) is 11.8 Å². The lowest BCUT2D eigenvalue weighted by Gasteiger charge is -2.27. The van der Waals surface area contributed by atoms with Gasteiger partial charge < -0.3 is 10.0 Å². The van der Waals surface area contributed by atoms with Gasteiger partial charge >= 0.3 is 5.97 Å². The molecule has 2 aliphatic rings. The van der Waals surface area contributed by atoms with Crippen LogP contribution in [0.4, 0.5) is 0 Å². The molecule has 0 saturated carbocycles. The monoisotopic (exact) mass is 240 g/mol. The van der Waals surface area contributed by atoms with Crippen molar-refractivity contribution in [1.82, 2.24) is 9.80 Å². The first-order valence-corrected chi connectivity index (χ1v) is 6.36. The Kier molecular flexibility index (Phi) is 3.66. The van der Waals surface area contributed by atoms with Crippen LogP contribution in [0.5, 0.6) is 0 Å². The van der Waals surface area contributed by atoms with Gasteiger partial charge in [0.25, 0.3) is 0 Å². The van der Waals surface area contributed by atoms with E-state index in [9.17, 15) is 9.59 Å². The third-order valence-electron chi connectivity index (χ3n) is 3.90.